The Morgan fingerprint density at radius 3 is 2.56 bits per heavy atom. The zero-order valence-electron chi connectivity index (χ0n) is 9.65. The topological polar surface area (TPSA) is 66.4 Å². The second-order valence-electron chi connectivity index (χ2n) is 3.92. The summed E-state index contributed by atoms with van der Waals surface area (Å²) < 4.78 is 26.3. The molecule has 1 rings (SSSR count). The van der Waals surface area contributed by atoms with Gasteiger partial charge in [-0.15, -0.1) is 11.3 Å². The van der Waals surface area contributed by atoms with Crippen molar-refractivity contribution in [3.63, 3.8) is 0 Å². The number of thiophene rings is 1. The Morgan fingerprint density at radius 1 is 1.50 bits per heavy atom. The molecule has 0 spiro atoms. The van der Waals surface area contributed by atoms with Crippen molar-refractivity contribution in [3.05, 3.63) is 15.8 Å². The maximum Gasteiger partial charge on any atom is 0.241 e. The van der Waals surface area contributed by atoms with Gasteiger partial charge in [-0.2, -0.15) is 0 Å². The van der Waals surface area contributed by atoms with Gasteiger partial charge in [0.05, 0.1) is 4.90 Å². The summed E-state index contributed by atoms with van der Waals surface area (Å²) in [6.07, 6.45) is 0. The van der Waals surface area contributed by atoms with E-state index in [-0.39, 0.29) is 19.1 Å². The van der Waals surface area contributed by atoms with Crippen molar-refractivity contribution >= 4 is 21.4 Å². The van der Waals surface area contributed by atoms with Crippen LogP contribution in [0.1, 0.15) is 16.7 Å². The lowest BCUT2D eigenvalue weighted by Gasteiger charge is -2.09. The van der Waals surface area contributed by atoms with Crippen molar-refractivity contribution in [1.29, 1.82) is 0 Å². The number of aryl methyl sites for hydroxylation is 2. The predicted octanol–water partition coefficient (Wildman–Crippen LogP) is 1.27. The van der Waals surface area contributed by atoms with Gasteiger partial charge in [-0.05, 0) is 25.8 Å². The van der Waals surface area contributed by atoms with Crippen LogP contribution in [0, 0.1) is 19.8 Å². The summed E-state index contributed by atoms with van der Waals surface area (Å²) in [5.74, 6) is -0.0742. The normalized spacial score (nSPS) is 14.0. The molecular formula is C10H17NO3S2. The average Bonchev–Trinajstić information content (AvgIpc) is 2.55. The maximum atomic E-state index is 11.9. The van der Waals surface area contributed by atoms with E-state index in [1.807, 2.05) is 6.92 Å². The van der Waals surface area contributed by atoms with E-state index < -0.39 is 10.0 Å². The van der Waals surface area contributed by atoms with Crippen molar-refractivity contribution in [1.82, 2.24) is 4.72 Å². The SMILES string of the molecule is Cc1cc(S(=O)(=O)NCC(C)CO)c(C)s1. The van der Waals surface area contributed by atoms with Crippen LogP contribution in [0.15, 0.2) is 11.0 Å². The predicted molar refractivity (Wildman–Crippen MR) is 65.2 cm³/mol. The van der Waals surface area contributed by atoms with Crippen LogP contribution >= 0.6 is 11.3 Å². The third-order valence-electron chi connectivity index (χ3n) is 2.22. The van der Waals surface area contributed by atoms with E-state index in [2.05, 4.69) is 4.72 Å². The van der Waals surface area contributed by atoms with Gasteiger partial charge >= 0.3 is 0 Å². The molecule has 0 aromatic carbocycles. The lowest BCUT2D eigenvalue weighted by molar-refractivity contribution is 0.238. The second kappa shape index (κ2) is 5.27. The molecule has 1 atom stereocenters. The first-order valence-corrected chi connectivity index (χ1v) is 7.34. The van der Waals surface area contributed by atoms with Crippen molar-refractivity contribution in [2.24, 2.45) is 5.92 Å². The number of aliphatic hydroxyl groups is 1. The Hall–Kier alpha value is -0.430. The summed E-state index contributed by atoms with van der Waals surface area (Å²) in [4.78, 5) is 2.12. The number of sulfonamides is 1. The number of hydrogen-bond acceptors (Lipinski definition) is 4. The molecule has 0 aliphatic rings. The van der Waals surface area contributed by atoms with Crippen molar-refractivity contribution in [2.45, 2.75) is 25.7 Å². The largest absolute Gasteiger partial charge is 0.396 e. The molecule has 92 valence electrons. The second-order valence-corrected chi connectivity index (χ2v) is 7.11. The van der Waals surface area contributed by atoms with Crippen molar-refractivity contribution in [3.8, 4) is 0 Å². The highest BCUT2D eigenvalue weighted by Crippen LogP contribution is 2.24. The fraction of sp³-hybridized carbons (Fsp3) is 0.600. The summed E-state index contributed by atoms with van der Waals surface area (Å²) >= 11 is 1.47. The monoisotopic (exact) mass is 263 g/mol. The van der Waals surface area contributed by atoms with Crippen LogP contribution in [-0.4, -0.2) is 26.7 Å². The van der Waals surface area contributed by atoms with Gasteiger partial charge < -0.3 is 5.11 Å². The minimum absolute atomic E-state index is 0.0236. The molecule has 1 unspecified atom stereocenters. The van der Waals surface area contributed by atoms with Crippen LogP contribution in [-0.2, 0) is 10.0 Å². The molecule has 4 nitrogen and oxygen atoms in total. The Balaban J connectivity index is 2.82. The Kier molecular flexibility index (Phi) is 4.49. The molecular weight excluding hydrogens is 246 g/mol. The Bertz CT molecular complexity index is 451. The molecule has 1 heterocycles. The molecule has 16 heavy (non-hydrogen) atoms. The van der Waals surface area contributed by atoms with E-state index in [1.165, 1.54) is 11.3 Å². The first-order chi connectivity index (χ1) is 7.36. The molecule has 0 bridgehead atoms. The molecule has 0 amide bonds. The lowest BCUT2D eigenvalue weighted by Crippen LogP contribution is -2.29. The molecule has 0 saturated heterocycles. The molecule has 0 saturated carbocycles. The molecule has 0 aliphatic heterocycles. The van der Waals surface area contributed by atoms with Gasteiger partial charge in [0.1, 0.15) is 0 Å². The van der Waals surface area contributed by atoms with Crippen LogP contribution in [0.2, 0.25) is 0 Å². The Labute approximate surface area is 100 Å². The van der Waals surface area contributed by atoms with Crippen LogP contribution in [0.4, 0.5) is 0 Å². The molecule has 0 aliphatic carbocycles. The van der Waals surface area contributed by atoms with Gasteiger partial charge in [0.15, 0.2) is 0 Å². The number of nitrogens with one attached hydrogen (secondary N) is 1. The molecule has 1 aromatic heterocycles. The molecule has 0 radical (unpaired) electrons. The summed E-state index contributed by atoms with van der Waals surface area (Å²) in [5.41, 5.74) is 0. The number of rotatable bonds is 5. The van der Waals surface area contributed by atoms with E-state index in [0.717, 1.165) is 9.75 Å². The quantitative estimate of drug-likeness (QED) is 0.841. The fourth-order valence-electron chi connectivity index (χ4n) is 1.27. The van der Waals surface area contributed by atoms with Gasteiger partial charge in [-0.1, -0.05) is 6.92 Å². The highest BCUT2D eigenvalue weighted by molar-refractivity contribution is 7.89. The zero-order chi connectivity index (χ0) is 12.3. The first kappa shape index (κ1) is 13.6. The van der Waals surface area contributed by atoms with Gasteiger partial charge in [-0.25, -0.2) is 13.1 Å². The van der Waals surface area contributed by atoms with Gasteiger partial charge in [-0.3, -0.25) is 0 Å². The van der Waals surface area contributed by atoms with E-state index in [9.17, 15) is 8.42 Å². The molecule has 1 aromatic rings. The number of hydrogen-bond donors (Lipinski definition) is 2. The van der Waals surface area contributed by atoms with E-state index >= 15 is 0 Å². The minimum atomic E-state index is -3.43. The summed E-state index contributed by atoms with van der Waals surface area (Å²) in [7, 11) is -3.43. The van der Waals surface area contributed by atoms with Gasteiger partial charge in [0.2, 0.25) is 10.0 Å². The van der Waals surface area contributed by atoms with E-state index in [4.69, 9.17) is 5.11 Å². The standard InChI is InChI=1S/C10H17NO3S2/c1-7(6-12)5-11-16(13,14)10-4-8(2)15-9(10)3/h4,7,11-12H,5-6H2,1-3H3. The molecule has 0 fully saturated rings. The average molecular weight is 263 g/mol. The van der Waals surface area contributed by atoms with Crippen molar-refractivity contribution in [2.75, 3.05) is 13.2 Å². The molecule has 6 heteroatoms. The highest BCUT2D eigenvalue weighted by atomic mass is 32.2. The zero-order valence-corrected chi connectivity index (χ0v) is 11.3. The summed E-state index contributed by atoms with van der Waals surface area (Å²) in [6, 6.07) is 1.67. The third kappa shape index (κ3) is 3.28. The van der Waals surface area contributed by atoms with Crippen LogP contribution in [0.3, 0.4) is 0 Å². The van der Waals surface area contributed by atoms with Crippen LogP contribution in [0.5, 0.6) is 0 Å². The van der Waals surface area contributed by atoms with E-state index in [1.54, 1.807) is 19.9 Å². The lowest BCUT2D eigenvalue weighted by atomic mass is 10.2. The summed E-state index contributed by atoms with van der Waals surface area (Å²) in [5, 5.41) is 8.83. The first-order valence-electron chi connectivity index (χ1n) is 5.04. The summed E-state index contributed by atoms with van der Waals surface area (Å²) in [6.45, 7) is 5.69. The van der Waals surface area contributed by atoms with Crippen LogP contribution < -0.4 is 4.72 Å². The Morgan fingerprint density at radius 2 is 2.12 bits per heavy atom. The van der Waals surface area contributed by atoms with Gasteiger partial charge in [0.25, 0.3) is 0 Å². The van der Waals surface area contributed by atoms with Crippen LogP contribution in [0.25, 0.3) is 0 Å². The minimum Gasteiger partial charge on any atom is -0.396 e. The highest BCUT2D eigenvalue weighted by Gasteiger charge is 2.19. The van der Waals surface area contributed by atoms with E-state index in [0.29, 0.717) is 4.90 Å². The third-order valence-corrected chi connectivity index (χ3v) is 4.86. The number of aliphatic hydroxyl groups excluding tert-OH is 1. The van der Waals surface area contributed by atoms with Gasteiger partial charge in [0, 0.05) is 22.9 Å². The maximum absolute atomic E-state index is 11.9. The smallest absolute Gasteiger partial charge is 0.241 e. The van der Waals surface area contributed by atoms with Crippen molar-refractivity contribution < 1.29 is 13.5 Å². The molecule has 2 N–H and O–H groups in total. The fourth-order valence-corrected chi connectivity index (χ4v) is 3.99.